The molecule has 0 aliphatic carbocycles. The number of amides is 1. The number of hydrogen-bond acceptors (Lipinski definition) is 5. The normalized spacial score (nSPS) is 11.8. The molecule has 0 saturated heterocycles. The Labute approximate surface area is 185 Å². The van der Waals surface area contributed by atoms with E-state index in [1.165, 1.54) is 6.20 Å². The second-order valence-corrected chi connectivity index (χ2v) is 6.24. The Morgan fingerprint density at radius 3 is 2.30 bits per heavy atom. The number of benzene rings is 2. The average Bonchev–Trinajstić information content (AvgIpc) is 2.76. The third-order valence-electron chi connectivity index (χ3n) is 4.26. The predicted molar refractivity (Wildman–Crippen MR) is 109 cm³/mol. The fourth-order valence-corrected chi connectivity index (χ4v) is 2.79. The van der Waals surface area contributed by atoms with E-state index in [0.29, 0.717) is 17.0 Å². The van der Waals surface area contributed by atoms with Crippen molar-refractivity contribution >= 4 is 23.3 Å². The summed E-state index contributed by atoms with van der Waals surface area (Å²) in [4.78, 5) is 32.5. The van der Waals surface area contributed by atoms with E-state index in [4.69, 9.17) is 0 Å². The standard InChI is InChI=1S/C23H21N3O3.Ni/c1-2-18(23(28)29)25-21(16-10-4-3-5-11-16)17-12-6-7-13-19(17)26-22(27)20-14-8-9-15-24-20;/h3-15,18H,2H2,1H3,(H2,25,26,27,28,29);/q;+2/p-2. The summed E-state index contributed by atoms with van der Waals surface area (Å²) in [7, 11) is 0. The van der Waals surface area contributed by atoms with Gasteiger partial charge in [-0.05, 0) is 24.1 Å². The number of aliphatic imine (C=N–C) groups is 1. The Kier molecular flexibility index (Phi) is 8.45. The SMILES string of the molecule is CCC(N=C(c1ccccc1)c1ccccc1[N-]C(=O)c1ccccn1)C(=O)[O-].[Ni+2]. The van der Waals surface area contributed by atoms with E-state index in [2.05, 4.69) is 15.3 Å². The van der Waals surface area contributed by atoms with Crippen LogP contribution in [0.15, 0.2) is 84.0 Å². The van der Waals surface area contributed by atoms with Gasteiger partial charge in [-0.1, -0.05) is 67.6 Å². The van der Waals surface area contributed by atoms with Crippen LogP contribution in [-0.2, 0) is 21.3 Å². The molecular formula is C23H19N3NiO3. The minimum absolute atomic E-state index is 0. The molecule has 2 aromatic carbocycles. The first-order valence-electron chi connectivity index (χ1n) is 9.20. The minimum Gasteiger partial charge on any atom is -0.621 e. The zero-order valence-electron chi connectivity index (χ0n) is 16.2. The van der Waals surface area contributed by atoms with E-state index in [1.807, 2.05) is 30.3 Å². The molecule has 3 aromatic rings. The van der Waals surface area contributed by atoms with Gasteiger partial charge in [0.25, 0.3) is 0 Å². The van der Waals surface area contributed by atoms with Crippen LogP contribution in [0.3, 0.4) is 0 Å². The third kappa shape index (κ3) is 5.61. The molecule has 0 N–H and O–H groups in total. The van der Waals surface area contributed by atoms with Crippen molar-refractivity contribution in [1.29, 1.82) is 0 Å². The molecule has 0 bridgehead atoms. The van der Waals surface area contributed by atoms with E-state index in [0.717, 1.165) is 5.56 Å². The summed E-state index contributed by atoms with van der Waals surface area (Å²) in [5, 5.41) is 15.7. The fourth-order valence-electron chi connectivity index (χ4n) is 2.79. The zero-order valence-corrected chi connectivity index (χ0v) is 17.2. The van der Waals surface area contributed by atoms with Gasteiger partial charge in [-0.25, -0.2) is 0 Å². The van der Waals surface area contributed by atoms with E-state index in [-0.39, 0.29) is 28.6 Å². The Bertz CT molecular complexity index is 1020. The van der Waals surface area contributed by atoms with Crippen molar-refractivity contribution in [2.24, 2.45) is 4.99 Å². The molecule has 0 aliphatic rings. The second-order valence-electron chi connectivity index (χ2n) is 6.24. The van der Waals surface area contributed by atoms with Crippen LogP contribution in [0.4, 0.5) is 5.69 Å². The minimum atomic E-state index is -1.25. The van der Waals surface area contributed by atoms with Crippen LogP contribution in [0.25, 0.3) is 5.32 Å². The van der Waals surface area contributed by atoms with Crippen LogP contribution in [0, 0.1) is 0 Å². The molecule has 0 saturated carbocycles. The number of aliphatic carboxylic acids is 1. The zero-order chi connectivity index (χ0) is 20.6. The molecule has 154 valence electrons. The van der Waals surface area contributed by atoms with Gasteiger partial charge < -0.3 is 20.0 Å². The summed E-state index contributed by atoms with van der Waals surface area (Å²) in [6.45, 7) is 1.73. The van der Waals surface area contributed by atoms with Crippen molar-refractivity contribution in [3.8, 4) is 0 Å². The maximum Gasteiger partial charge on any atom is 2.00 e. The third-order valence-corrected chi connectivity index (χ3v) is 4.26. The Hall–Kier alpha value is -3.31. The van der Waals surface area contributed by atoms with Gasteiger partial charge in [-0.3, -0.25) is 9.98 Å². The number of carbonyl (C=O) groups excluding carboxylic acids is 2. The Morgan fingerprint density at radius 2 is 1.67 bits per heavy atom. The van der Waals surface area contributed by atoms with Crippen LogP contribution in [-0.4, -0.2) is 28.6 Å². The summed E-state index contributed by atoms with van der Waals surface area (Å²) in [5.74, 6) is -1.74. The van der Waals surface area contributed by atoms with Gasteiger partial charge in [0.1, 0.15) is 5.91 Å². The first-order chi connectivity index (χ1) is 14.1. The fraction of sp³-hybridized carbons (Fsp3) is 0.130. The Balaban J connectivity index is 0.00000320. The second kappa shape index (κ2) is 11.0. The van der Waals surface area contributed by atoms with Crippen molar-refractivity contribution < 1.29 is 31.2 Å². The van der Waals surface area contributed by atoms with Crippen LogP contribution in [0.2, 0.25) is 0 Å². The van der Waals surface area contributed by atoms with Gasteiger partial charge in [-0.2, -0.15) is 0 Å². The van der Waals surface area contributed by atoms with Crippen LogP contribution in [0.5, 0.6) is 0 Å². The maximum atomic E-state index is 12.5. The molecule has 0 aliphatic heterocycles. The first kappa shape index (κ1) is 23.0. The number of carbonyl (C=O) groups is 2. The van der Waals surface area contributed by atoms with Crippen molar-refractivity contribution in [1.82, 2.24) is 4.98 Å². The van der Waals surface area contributed by atoms with Gasteiger partial charge in [0, 0.05) is 11.8 Å². The van der Waals surface area contributed by atoms with Crippen LogP contribution in [0.1, 0.15) is 35.0 Å². The summed E-state index contributed by atoms with van der Waals surface area (Å²) in [6.07, 6.45) is 1.81. The van der Waals surface area contributed by atoms with E-state index in [1.54, 1.807) is 49.4 Å². The molecule has 30 heavy (non-hydrogen) atoms. The van der Waals surface area contributed by atoms with Crippen molar-refractivity contribution in [2.45, 2.75) is 19.4 Å². The number of aromatic nitrogens is 1. The van der Waals surface area contributed by atoms with Gasteiger partial charge in [-0.15, -0.1) is 5.69 Å². The summed E-state index contributed by atoms with van der Waals surface area (Å²) < 4.78 is 0. The molecular weight excluding hydrogens is 425 g/mol. The van der Waals surface area contributed by atoms with Gasteiger partial charge >= 0.3 is 16.5 Å². The van der Waals surface area contributed by atoms with Crippen LogP contribution >= 0.6 is 0 Å². The average molecular weight is 444 g/mol. The number of carboxylic acids is 1. The number of pyridine rings is 1. The molecule has 1 aromatic heterocycles. The molecule has 7 heteroatoms. The molecule has 1 heterocycles. The summed E-state index contributed by atoms with van der Waals surface area (Å²) in [5.41, 5.74) is 2.33. The van der Waals surface area contributed by atoms with Crippen molar-refractivity contribution in [3.63, 3.8) is 0 Å². The molecule has 3 rings (SSSR count). The van der Waals surface area contributed by atoms with Gasteiger partial charge in [0.15, 0.2) is 0 Å². The Morgan fingerprint density at radius 1 is 1.00 bits per heavy atom. The number of carboxylic acid groups (broad SMARTS) is 1. The quantitative estimate of drug-likeness (QED) is 0.413. The number of rotatable bonds is 7. The number of para-hydroxylation sites is 1. The number of hydrogen-bond donors (Lipinski definition) is 0. The van der Waals surface area contributed by atoms with Crippen molar-refractivity contribution in [2.75, 3.05) is 0 Å². The molecule has 0 fully saturated rings. The molecule has 1 unspecified atom stereocenters. The first-order valence-corrected chi connectivity index (χ1v) is 9.20. The van der Waals surface area contributed by atoms with E-state index in [9.17, 15) is 14.7 Å². The molecule has 0 spiro atoms. The molecule has 0 radical (unpaired) electrons. The summed E-state index contributed by atoms with van der Waals surface area (Å²) in [6, 6.07) is 20.2. The van der Waals surface area contributed by atoms with E-state index < -0.39 is 17.9 Å². The maximum absolute atomic E-state index is 12.5. The largest absolute Gasteiger partial charge is 2.00 e. The molecule has 6 nitrogen and oxygen atoms in total. The van der Waals surface area contributed by atoms with Crippen molar-refractivity contribution in [3.05, 3.63) is 101 Å². The summed E-state index contributed by atoms with van der Waals surface area (Å²) >= 11 is 0. The van der Waals surface area contributed by atoms with Gasteiger partial charge in [0.05, 0.1) is 23.4 Å². The topological polar surface area (TPSA) is 96.6 Å². The molecule has 1 atom stereocenters. The smallest absolute Gasteiger partial charge is 0.621 e. The van der Waals surface area contributed by atoms with Crippen LogP contribution < -0.4 is 5.11 Å². The number of nitrogens with zero attached hydrogens (tertiary/aromatic N) is 3. The van der Waals surface area contributed by atoms with Gasteiger partial charge in [0.2, 0.25) is 0 Å². The van der Waals surface area contributed by atoms with E-state index >= 15 is 0 Å². The monoisotopic (exact) mass is 443 g/mol. The predicted octanol–water partition coefficient (Wildman–Crippen LogP) is 3.29. The molecule has 1 amide bonds.